The van der Waals surface area contributed by atoms with E-state index in [-0.39, 0.29) is 11.7 Å². The van der Waals surface area contributed by atoms with Crippen LogP contribution in [-0.2, 0) is 0 Å². The van der Waals surface area contributed by atoms with Crippen LogP contribution in [-0.4, -0.2) is 17.4 Å². The van der Waals surface area contributed by atoms with Gasteiger partial charge in [0.1, 0.15) is 18.1 Å². The predicted octanol–water partition coefficient (Wildman–Crippen LogP) is 3.61. The minimum absolute atomic E-state index is 0.0669. The lowest BCUT2D eigenvalue weighted by Gasteiger charge is -2.10. The van der Waals surface area contributed by atoms with Gasteiger partial charge in [-0.15, -0.1) is 0 Å². The number of rotatable bonds is 5. The summed E-state index contributed by atoms with van der Waals surface area (Å²) >= 11 is 16.7. The van der Waals surface area contributed by atoms with Gasteiger partial charge in [0, 0.05) is 5.56 Å². The Hall–Kier alpha value is -1.82. The number of benzene rings is 2. The van der Waals surface area contributed by atoms with Crippen LogP contribution in [0, 0.1) is 0 Å². The van der Waals surface area contributed by atoms with Gasteiger partial charge in [0.25, 0.3) is 0 Å². The summed E-state index contributed by atoms with van der Waals surface area (Å²) in [6, 6.07) is 14.6. The highest BCUT2D eigenvalue weighted by molar-refractivity contribution is 7.80. The number of halogens is 2. The van der Waals surface area contributed by atoms with Crippen LogP contribution in [0.15, 0.2) is 53.6 Å². The molecule has 0 amide bonds. The number of nitrogens with two attached hydrogens (primary N) is 1. The molecule has 7 heteroatoms. The van der Waals surface area contributed by atoms with E-state index >= 15 is 0 Å². The number of thiocarbonyl (C=S) groups is 1. The Kier molecular flexibility index (Phi) is 6.00. The fourth-order valence-electron chi connectivity index (χ4n) is 1.65. The molecule has 0 aliphatic carbocycles. The molecule has 0 aromatic heterocycles. The van der Waals surface area contributed by atoms with Gasteiger partial charge in [-0.1, -0.05) is 47.5 Å². The second kappa shape index (κ2) is 7.98. The second-order valence-electron chi connectivity index (χ2n) is 4.27. The molecule has 2 aromatic carbocycles. The first-order valence-electron chi connectivity index (χ1n) is 6.31. The Morgan fingerprint density at radius 1 is 1.14 bits per heavy atom. The Labute approximate surface area is 143 Å². The van der Waals surface area contributed by atoms with E-state index in [0.29, 0.717) is 15.8 Å². The first-order chi connectivity index (χ1) is 10.6. The number of nitrogens with zero attached hydrogens (tertiary/aromatic N) is 1. The van der Waals surface area contributed by atoms with Crippen molar-refractivity contribution in [1.29, 1.82) is 0 Å². The van der Waals surface area contributed by atoms with E-state index in [0.717, 1.165) is 11.3 Å². The molecule has 2 aromatic rings. The lowest BCUT2D eigenvalue weighted by Crippen LogP contribution is -2.27. The fourth-order valence-corrected chi connectivity index (χ4v) is 1.99. The third kappa shape index (κ3) is 4.87. The maximum Gasteiger partial charge on any atom is 0.184 e. The zero-order chi connectivity index (χ0) is 15.9. The molecule has 0 heterocycles. The number of para-hydroxylation sites is 1. The van der Waals surface area contributed by atoms with Crippen molar-refractivity contribution in [1.82, 2.24) is 5.43 Å². The summed E-state index contributed by atoms with van der Waals surface area (Å²) < 4.78 is 5.69. The van der Waals surface area contributed by atoms with Gasteiger partial charge in [0.05, 0.1) is 10.0 Å². The fraction of sp³-hybridized carbons (Fsp3) is 0.0667. The molecule has 0 atom stereocenters. The maximum atomic E-state index is 6.04. The zero-order valence-corrected chi connectivity index (χ0v) is 13.8. The summed E-state index contributed by atoms with van der Waals surface area (Å²) in [5.74, 6) is 0.727. The van der Waals surface area contributed by atoms with Gasteiger partial charge in [-0.3, -0.25) is 5.43 Å². The first-order valence-corrected chi connectivity index (χ1v) is 7.48. The molecule has 0 bridgehead atoms. The van der Waals surface area contributed by atoms with Crippen LogP contribution in [0.4, 0.5) is 0 Å². The average molecular weight is 354 g/mol. The van der Waals surface area contributed by atoms with Gasteiger partial charge >= 0.3 is 0 Å². The molecule has 0 unspecified atom stereocenters. The molecule has 0 aliphatic heterocycles. The molecular weight excluding hydrogens is 341 g/mol. The quantitative estimate of drug-likeness (QED) is 0.489. The molecule has 4 nitrogen and oxygen atoms in total. The summed E-state index contributed by atoms with van der Waals surface area (Å²) in [6.07, 6.45) is 0. The molecule has 0 saturated heterocycles. The second-order valence-corrected chi connectivity index (χ2v) is 5.52. The van der Waals surface area contributed by atoms with E-state index in [1.54, 1.807) is 18.2 Å². The van der Waals surface area contributed by atoms with Crippen molar-refractivity contribution in [2.75, 3.05) is 6.61 Å². The third-order valence-corrected chi connectivity index (χ3v) is 3.50. The molecule has 0 aliphatic rings. The van der Waals surface area contributed by atoms with Gasteiger partial charge in [0.15, 0.2) is 5.11 Å². The summed E-state index contributed by atoms with van der Waals surface area (Å²) in [7, 11) is 0. The van der Waals surface area contributed by atoms with Crippen molar-refractivity contribution < 1.29 is 4.74 Å². The van der Waals surface area contributed by atoms with Crippen molar-refractivity contribution in [3.8, 4) is 5.75 Å². The normalized spacial score (nSPS) is 11.1. The van der Waals surface area contributed by atoms with Crippen LogP contribution < -0.4 is 15.9 Å². The SMILES string of the molecule is NC(=S)N/N=C(\COc1ccccc1)c1ccc(Cl)c(Cl)c1. The topological polar surface area (TPSA) is 59.6 Å². The van der Waals surface area contributed by atoms with Gasteiger partial charge < -0.3 is 10.5 Å². The average Bonchev–Trinajstić information content (AvgIpc) is 2.51. The van der Waals surface area contributed by atoms with Crippen LogP contribution in [0.2, 0.25) is 10.0 Å². The molecule has 0 radical (unpaired) electrons. The van der Waals surface area contributed by atoms with Crippen LogP contribution in [0.25, 0.3) is 0 Å². The van der Waals surface area contributed by atoms with Crippen LogP contribution >= 0.6 is 35.4 Å². The molecule has 22 heavy (non-hydrogen) atoms. The van der Waals surface area contributed by atoms with Crippen molar-refractivity contribution in [3.05, 3.63) is 64.1 Å². The highest BCUT2D eigenvalue weighted by atomic mass is 35.5. The lowest BCUT2D eigenvalue weighted by atomic mass is 10.1. The Bertz CT molecular complexity index is 692. The van der Waals surface area contributed by atoms with Crippen molar-refractivity contribution in [2.45, 2.75) is 0 Å². The highest BCUT2D eigenvalue weighted by Crippen LogP contribution is 2.23. The number of hydrogen-bond acceptors (Lipinski definition) is 3. The maximum absolute atomic E-state index is 6.04. The van der Waals surface area contributed by atoms with Gasteiger partial charge in [-0.2, -0.15) is 5.10 Å². The van der Waals surface area contributed by atoms with E-state index in [2.05, 4.69) is 10.5 Å². The van der Waals surface area contributed by atoms with Crippen molar-refractivity contribution in [3.63, 3.8) is 0 Å². The molecule has 0 spiro atoms. The summed E-state index contributed by atoms with van der Waals surface area (Å²) in [5, 5.41) is 5.12. The van der Waals surface area contributed by atoms with Crippen molar-refractivity contribution >= 4 is 46.2 Å². The standard InChI is InChI=1S/C15H13Cl2N3OS/c16-12-7-6-10(8-13(12)17)14(19-20-15(18)22)9-21-11-4-2-1-3-5-11/h1-8H,9H2,(H3,18,20,22)/b19-14+. The van der Waals surface area contributed by atoms with Crippen LogP contribution in [0.1, 0.15) is 5.56 Å². The molecule has 0 fully saturated rings. The van der Waals surface area contributed by atoms with E-state index in [1.165, 1.54) is 0 Å². The van der Waals surface area contributed by atoms with Crippen LogP contribution in [0.3, 0.4) is 0 Å². The highest BCUT2D eigenvalue weighted by Gasteiger charge is 2.08. The first kappa shape index (κ1) is 16.5. The minimum Gasteiger partial charge on any atom is -0.487 e. The van der Waals surface area contributed by atoms with E-state index < -0.39 is 0 Å². The monoisotopic (exact) mass is 353 g/mol. The smallest absolute Gasteiger partial charge is 0.184 e. The minimum atomic E-state index is 0.0669. The summed E-state index contributed by atoms with van der Waals surface area (Å²) in [5.41, 5.74) is 9.31. The van der Waals surface area contributed by atoms with E-state index in [4.69, 9.17) is 45.9 Å². The van der Waals surface area contributed by atoms with Crippen molar-refractivity contribution in [2.24, 2.45) is 10.8 Å². The molecule has 0 saturated carbocycles. The molecular formula is C15H13Cl2N3OS. The molecule has 2 rings (SSSR count). The van der Waals surface area contributed by atoms with Gasteiger partial charge in [-0.25, -0.2) is 0 Å². The Balaban J connectivity index is 2.20. The Morgan fingerprint density at radius 2 is 1.86 bits per heavy atom. The summed E-state index contributed by atoms with van der Waals surface area (Å²) in [4.78, 5) is 0. The van der Waals surface area contributed by atoms with Gasteiger partial charge in [-0.05, 0) is 36.5 Å². The number of hydrazone groups is 1. The van der Waals surface area contributed by atoms with E-state index in [1.807, 2.05) is 30.3 Å². The summed E-state index contributed by atoms with van der Waals surface area (Å²) in [6.45, 7) is 0.220. The van der Waals surface area contributed by atoms with E-state index in [9.17, 15) is 0 Å². The number of nitrogens with one attached hydrogen (secondary N) is 1. The number of hydrogen-bond donors (Lipinski definition) is 2. The number of ether oxygens (including phenoxy) is 1. The lowest BCUT2D eigenvalue weighted by molar-refractivity contribution is 0.376. The largest absolute Gasteiger partial charge is 0.487 e. The molecule has 114 valence electrons. The van der Waals surface area contributed by atoms with Crippen LogP contribution in [0.5, 0.6) is 5.75 Å². The molecule has 3 N–H and O–H groups in total. The third-order valence-electron chi connectivity index (χ3n) is 2.67. The predicted molar refractivity (Wildman–Crippen MR) is 94.9 cm³/mol. The van der Waals surface area contributed by atoms with Gasteiger partial charge in [0.2, 0.25) is 0 Å². The zero-order valence-electron chi connectivity index (χ0n) is 11.4. The Morgan fingerprint density at radius 3 is 2.50 bits per heavy atom.